The van der Waals surface area contributed by atoms with E-state index in [0.717, 1.165) is 21.0 Å². The molecule has 0 aliphatic rings. The van der Waals surface area contributed by atoms with Gasteiger partial charge in [-0.15, -0.1) is 0 Å². The number of methoxy groups -OCH3 is 1. The zero-order valence-corrected chi connectivity index (χ0v) is 19.9. The van der Waals surface area contributed by atoms with Crippen LogP contribution in [0.2, 0.25) is 0 Å². The Bertz CT molecular complexity index is 1270. The predicted molar refractivity (Wildman–Crippen MR) is 130 cm³/mol. The number of aryl methyl sites for hydroxylation is 3. The summed E-state index contributed by atoms with van der Waals surface area (Å²) in [5.41, 5.74) is 6.21. The molecule has 3 rings (SSSR count). The maximum atomic E-state index is 13.5. The van der Waals surface area contributed by atoms with Crippen LogP contribution in [0.1, 0.15) is 22.3 Å². The van der Waals surface area contributed by atoms with Crippen molar-refractivity contribution in [3.8, 4) is 5.75 Å². The number of anilines is 1. The average Bonchev–Trinajstić information content (AvgIpc) is 2.78. The first-order chi connectivity index (χ1) is 15.7. The number of hydrazone groups is 1. The van der Waals surface area contributed by atoms with Crippen LogP contribution in [0, 0.1) is 20.8 Å². The number of sulfonamides is 1. The number of benzene rings is 3. The van der Waals surface area contributed by atoms with Crippen molar-refractivity contribution in [1.29, 1.82) is 0 Å². The van der Waals surface area contributed by atoms with E-state index in [0.29, 0.717) is 17.0 Å². The standard InChI is InChI=1S/C25H27N3O4S/c1-18-9-12-22(13-10-18)33(30,31)28(23-14-11-19(2)15-20(23)3)17-25(29)27-26-16-21-7-5-6-8-24(21)32-4/h5-16H,17H2,1-4H3,(H,27,29)/b26-16-. The van der Waals surface area contributed by atoms with Gasteiger partial charge >= 0.3 is 0 Å². The number of hydrogen-bond acceptors (Lipinski definition) is 5. The first kappa shape index (κ1) is 24.0. The van der Waals surface area contributed by atoms with Crippen LogP contribution in [-0.4, -0.2) is 34.2 Å². The van der Waals surface area contributed by atoms with E-state index in [1.165, 1.54) is 6.21 Å². The molecule has 7 nitrogen and oxygen atoms in total. The lowest BCUT2D eigenvalue weighted by molar-refractivity contribution is -0.119. The molecule has 0 aliphatic heterocycles. The van der Waals surface area contributed by atoms with Gasteiger partial charge < -0.3 is 4.74 Å². The summed E-state index contributed by atoms with van der Waals surface area (Å²) in [6.07, 6.45) is 1.45. The second kappa shape index (κ2) is 10.3. The minimum atomic E-state index is -3.99. The van der Waals surface area contributed by atoms with Crippen LogP contribution in [0.25, 0.3) is 0 Å². The molecule has 0 unspecified atom stereocenters. The molecule has 0 saturated heterocycles. The van der Waals surface area contributed by atoms with Crippen molar-refractivity contribution in [2.75, 3.05) is 18.0 Å². The molecular formula is C25H27N3O4S. The van der Waals surface area contributed by atoms with Crippen LogP contribution >= 0.6 is 0 Å². The van der Waals surface area contributed by atoms with Crippen molar-refractivity contribution in [3.05, 3.63) is 89.0 Å². The van der Waals surface area contributed by atoms with Crippen LogP contribution in [-0.2, 0) is 14.8 Å². The summed E-state index contributed by atoms with van der Waals surface area (Å²) in [5, 5.41) is 3.97. The van der Waals surface area contributed by atoms with E-state index in [-0.39, 0.29) is 4.90 Å². The van der Waals surface area contributed by atoms with E-state index in [9.17, 15) is 13.2 Å². The summed E-state index contributed by atoms with van der Waals surface area (Å²) in [6.45, 7) is 5.20. The van der Waals surface area contributed by atoms with E-state index in [2.05, 4.69) is 10.5 Å². The summed E-state index contributed by atoms with van der Waals surface area (Å²) < 4.78 is 33.3. The molecule has 0 spiro atoms. The number of carbonyl (C=O) groups excluding carboxylic acids is 1. The molecule has 3 aromatic carbocycles. The molecule has 0 aromatic heterocycles. The highest BCUT2D eigenvalue weighted by molar-refractivity contribution is 7.92. The van der Waals surface area contributed by atoms with Gasteiger partial charge in [-0.2, -0.15) is 5.10 Å². The fourth-order valence-electron chi connectivity index (χ4n) is 3.34. The second-order valence-corrected chi connectivity index (χ2v) is 9.51. The Morgan fingerprint density at radius 2 is 1.67 bits per heavy atom. The molecule has 0 radical (unpaired) electrons. The average molecular weight is 466 g/mol. The van der Waals surface area contributed by atoms with Gasteiger partial charge in [-0.05, 0) is 56.7 Å². The fourth-order valence-corrected chi connectivity index (χ4v) is 4.82. The van der Waals surface area contributed by atoms with Gasteiger partial charge in [0.1, 0.15) is 12.3 Å². The quantitative estimate of drug-likeness (QED) is 0.403. The number of carbonyl (C=O) groups is 1. The van der Waals surface area contributed by atoms with E-state index in [4.69, 9.17) is 4.74 Å². The van der Waals surface area contributed by atoms with Gasteiger partial charge in [0.15, 0.2) is 0 Å². The zero-order chi connectivity index (χ0) is 24.0. The van der Waals surface area contributed by atoms with Gasteiger partial charge in [0.2, 0.25) is 0 Å². The Balaban J connectivity index is 1.89. The maximum absolute atomic E-state index is 13.5. The highest BCUT2D eigenvalue weighted by Crippen LogP contribution is 2.27. The van der Waals surface area contributed by atoms with E-state index >= 15 is 0 Å². The summed E-state index contributed by atoms with van der Waals surface area (Å²) in [6, 6.07) is 19.2. The molecule has 172 valence electrons. The van der Waals surface area contributed by atoms with Crippen LogP contribution < -0.4 is 14.5 Å². The van der Waals surface area contributed by atoms with Crippen molar-refractivity contribution < 1.29 is 17.9 Å². The Labute approximate surface area is 194 Å². The maximum Gasteiger partial charge on any atom is 0.264 e. The van der Waals surface area contributed by atoms with Crippen molar-refractivity contribution in [3.63, 3.8) is 0 Å². The van der Waals surface area contributed by atoms with Crippen LogP contribution in [0.3, 0.4) is 0 Å². The Kier molecular flexibility index (Phi) is 7.50. The molecule has 0 saturated carbocycles. The van der Waals surface area contributed by atoms with Gasteiger partial charge in [0.05, 0.1) is 23.9 Å². The van der Waals surface area contributed by atoms with Crippen molar-refractivity contribution >= 4 is 27.8 Å². The summed E-state index contributed by atoms with van der Waals surface area (Å²) in [4.78, 5) is 12.8. The fraction of sp³-hybridized carbons (Fsp3) is 0.200. The SMILES string of the molecule is COc1ccccc1/C=N\NC(=O)CN(c1ccc(C)cc1C)S(=O)(=O)c1ccc(C)cc1. The molecule has 1 N–H and O–H groups in total. The number of nitrogens with zero attached hydrogens (tertiary/aromatic N) is 2. The number of amides is 1. The molecule has 0 heterocycles. The van der Waals surface area contributed by atoms with E-state index in [1.807, 2.05) is 45.0 Å². The third kappa shape index (κ3) is 5.78. The minimum absolute atomic E-state index is 0.110. The Morgan fingerprint density at radius 3 is 2.33 bits per heavy atom. The second-order valence-electron chi connectivity index (χ2n) is 7.65. The smallest absolute Gasteiger partial charge is 0.264 e. The third-order valence-electron chi connectivity index (χ3n) is 5.05. The topological polar surface area (TPSA) is 88.1 Å². The number of hydrogen-bond donors (Lipinski definition) is 1. The molecule has 0 bridgehead atoms. The monoisotopic (exact) mass is 465 g/mol. The normalized spacial score (nSPS) is 11.4. The van der Waals surface area contributed by atoms with Crippen LogP contribution in [0.5, 0.6) is 5.75 Å². The lowest BCUT2D eigenvalue weighted by Crippen LogP contribution is -2.40. The van der Waals surface area contributed by atoms with Gasteiger partial charge in [-0.3, -0.25) is 9.10 Å². The molecule has 33 heavy (non-hydrogen) atoms. The highest BCUT2D eigenvalue weighted by Gasteiger charge is 2.28. The molecule has 0 aliphatic carbocycles. The molecule has 3 aromatic rings. The van der Waals surface area contributed by atoms with Crippen LogP contribution in [0.4, 0.5) is 5.69 Å². The largest absolute Gasteiger partial charge is 0.496 e. The highest BCUT2D eigenvalue weighted by atomic mass is 32.2. The lowest BCUT2D eigenvalue weighted by atomic mass is 10.1. The van der Waals surface area contributed by atoms with Crippen molar-refractivity contribution in [2.24, 2.45) is 5.10 Å². The van der Waals surface area contributed by atoms with E-state index in [1.54, 1.807) is 49.6 Å². The van der Waals surface area contributed by atoms with Gasteiger partial charge in [0, 0.05) is 5.56 Å². The van der Waals surface area contributed by atoms with Crippen LogP contribution in [0.15, 0.2) is 76.7 Å². The summed E-state index contributed by atoms with van der Waals surface area (Å²) in [5.74, 6) is 0.0335. The zero-order valence-electron chi connectivity index (χ0n) is 19.1. The first-order valence-corrected chi connectivity index (χ1v) is 11.8. The van der Waals surface area contributed by atoms with Gasteiger partial charge in [-0.1, -0.05) is 47.5 Å². The molecule has 8 heteroatoms. The molecule has 1 amide bonds. The molecule has 0 atom stereocenters. The molecular weight excluding hydrogens is 438 g/mol. The van der Waals surface area contributed by atoms with E-state index < -0.39 is 22.5 Å². The minimum Gasteiger partial charge on any atom is -0.496 e. The first-order valence-electron chi connectivity index (χ1n) is 10.3. The summed E-state index contributed by atoms with van der Waals surface area (Å²) >= 11 is 0. The summed E-state index contributed by atoms with van der Waals surface area (Å²) in [7, 11) is -2.44. The van der Waals surface area contributed by atoms with Gasteiger partial charge in [0.25, 0.3) is 15.9 Å². The van der Waals surface area contributed by atoms with Gasteiger partial charge in [-0.25, -0.2) is 13.8 Å². The van der Waals surface area contributed by atoms with Crippen molar-refractivity contribution in [2.45, 2.75) is 25.7 Å². The number of nitrogens with one attached hydrogen (secondary N) is 1. The number of ether oxygens (including phenoxy) is 1. The Hall–Kier alpha value is -3.65. The lowest BCUT2D eigenvalue weighted by Gasteiger charge is -2.25. The molecule has 0 fully saturated rings. The number of para-hydroxylation sites is 1. The number of rotatable bonds is 8. The van der Waals surface area contributed by atoms with Crippen molar-refractivity contribution in [1.82, 2.24) is 5.43 Å². The Morgan fingerprint density at radius 1 is 1.00 bits per heavy atom. The predicted octanol–water partition coefficient (Wildman–Crippen LogP) is 3.97. The third-order valence-corrected chi connectivity index (χ3v) is 6.82.